The van der Waals surface area contributed by atoms with Crippen LogP contribution in [0.4, 0.5) is 4.39 Å². The molecule has 0 aliphatic rings. The summed E-state index contributed by atoms with van der Waals surface area (Å²) in [6.45, 7) is 2.38. The number of nitrogens with zero attached hydrogens (tertiary/aromatic N) is 2. The second kappa shape index (κ2) is 8.24. The van der Waals surface area contributed by atoms with Gasteiger partial charge in [-0.25, -0.2) is 4.39 Å². The van der Waals surface area contributed by atoms with Gasteiger partial charge in [-0.15, -0.1) is 0 Å². The molecule has 7 heteroatoms. The number of hydrogen-bond donors (Lipinski definition) is 1. The molecule has 6 nitrogen and oxygen atoms in total. The predicted molar refractivity (Wildman–Crippen MR) is 92.2 cm³/mol. The molecule has 2 aromatic carbocycles. The van der Waals surface area contributed by atoms with Crippen molar-refractivity contribution in [3.05, 3.63) is 77.2 Å². The maximum absolute atomic E-state index is 12.9. The molecule has 1 aromatic heterocycles. The van der Waals surface area contributed by atoms with Crippen molar-refractivity contribution in [3.8, 4) is 5.75 Å². The quantitative estimate of drug-likeness (QED) is 0.705. The van der Waals surface area contributed by atoms with E-state index in [9.17, 15) is 9.18 Å². The summed E-state index contributed by atoms with van der Waals surface area (Å²) >= 11 is 0. The molecule has 26 heavy (non-hydrogen) atoms. The van der Waals surface area contributed by atoms with Gasteiger partial charge >= 0.3 is 0 Å². The normalized spacial score (nSPS) is 10.5. The fourth-order valence-corrected chi connectivity index (χ4v) is 2.32. The number of carbonyl (C=O) groups is 1. The lowest BCUT2D eigenvalue weighted by atomic mass is 10.1. The van der Waals surface area contributed by atoms with E-state index in [4.69, 9.17) is 9.26 Å². The van der Waals surface area contributed by atoms with E-state index >= 15 is 0 Å². The summed E-state index contributed by atoms with van der Waals surface area (Å²) in [4.78, 5) is 16.2. The van der Waals surface area contributed by atoms with Gasteiger partial charge in [-0.3, -0.25) is 4.79 Å². The Kier molecular flexibility index (Phi) is 5.58. The molecule has 0 atom stereocenters. The lowest BCUT2D eigenvalue weighted by Crippen LogP contribution is -2.25. The molecule has 1 heterocycles. The van der Waals surface area contributed by atoms with Gasteiger partial charge in [-0.2, -0.15) is 4.98 Å². The first kappa shape index (κ1) is 17.6. The summed E-state index contributed by atoms with van der Waals surface area (Å²) < 4.78 is 23.3. The molecule has 0 fully saturated rings. The van der Waals surface area contributed by atoms with Gasteiger partial charge in [0, 0.05) is 19.0 Å². The van der Waals surface area contributed by atoms with E-state index in [2.05, 4.69) is 15.5 Å². The Balaban J connectivity index is 1.46. The van der Waals surface area contributed by atoms with Crippen LogP contribution >= 0.6 is 0 Å². The molecule has 3 rings (SSSR count). The predicted octanol–water partition coefficient (Wildman–Crippen LogP) is 3.07. The fourth-order valence-electron chi connectivity index (χ4n) is 2.32. The third-order valence-electron chi connectivity index (χ3n) is 3.67. The van der Waals surface area contributed by atoms with E-state index in [1.807, 2.05) is 0 Å². The Hall–Kier alpha value is -3.22. The molecule has 0 spiro atoms. The van der Waals surface area contributed by atoms with Crippen LogP contribution in [0.3, 0.4) is 0 Å². The molecule has 1 N–H and O–H groups in total. The van der Waals surface area contributed by atoms with Crippen LogP contribution in [0.1, 0.15) is 27.6 Å². The first-order valence-corrected chi connectivity index (χ1v) is 8.15. The largest absolute Gasteiger partial charge is 0.485 e. The Labute approximate surface area is 150 Å². The first-order valence-electron chi connectivity index (χ1n) is 8.15. The number of aromatic nitrogens is 2. The van der Waals surface area contributed by atoms with Crippen molar-refractivity contribution in [2.24, 2.45) is 0 Å². The van der Waals surface area contributed by atoms with Gasteiger partial charge in [-0.1, -0.05) is 17.3 Å². The van der Waals surface area contributed by atoms with Crippen LogP contribution in [0.5, 0.6) is 5.75 Å². The summed E-state index contributed by atoms with van der Waals surface area (Å²) in [6.07, 6.45) is 0.636. The van der Waals surface area contributed by atoms with Gasteiger partial charge < -0.3 is 14.6 Å². The lowest BCUT2D eigenvalue weighted by molar-refractivity contribution is 0.0954. The van der Waals surface area contributed by atoms with Crippen LogP contribution in [0.25, 0.3) is 0 Å². The summed E-state index contributed by atoms with van der Waals surface area (Å²) in [7, 11) is 0. The summed E-state index contributed by atoms with van der Waals surface area (Å²) in [5, 5.41) is 6.58. The molecule has 0 saturated carbocycles. The highest BCUT2D eigenvalue weighted by Gasteiger charge is 2.07. The van der Waals surface area contributed by atoms with Crippen LogP contribution in [0.2, 0.25) is 0 Å². The average Bonchev–Trinajstić information content (AvgIpc) is 3.07. The number of rotatable bonds is 7. The summed E-state index contributed by atoms with van der Waals surface area (Å²) in [6, 6.07) is 13.0. The lowest BCUT2D eigenvalue weighted by Gasteiger charge is -2.07. The Bertz CT molecular complexity index is 860. The van der Waals surface area contributed by atoms with E-state index < -0.39 is 0 Å². The zero-order valence-corrected chi connectivity index (χ0v) is 14.2. The second-order valence-electron chi connectivity index (χ2n) is 5.68. The fraction of sp³-hybridized carbons (Fsp3) is 0.211. The van der Waals surface area contributed by atoms with Gasteiger partial charge in [-0.05, 0) is 48.4 Å². The number of halogens is 1. The zero-order chi connectivity index (χ0) is 18.4. The van der Waals surface area contributed by atoms with Gasteiger partial charge in [0.25, 0.3) is 5.91 Å². The molecule has 134 valence electrons. The van der Waals surface area contributed by atoms with Crippen molar-refractivity contribution in [2.75, 3.05) is 6.54 Å². The van der Waals surface area contributed by atoms with Crippen molar-refractivity contribution in [1.29, 1.82) is 0 Å². The molecule has 0 unspecified atom stereocenters. The van der Waals surface area contributed by atoms with Crippen LogP contribution in [-0.4, -0.2) is 22.6 Å². The molecular formula is C19H18FN3O3. The SMILES string of the molecule is Cc1nc(COc2ccc(C(=O)NCCc3ccc(F)cc3)cc2)no1. The first-order chi connectivity index (χ1) is 12.6. The Morgan fingerprint density at radius 1 is 1.15 bits per heavy atom. The topological polar surface area (TPSA) is 77.2 Å². The number of amides is 1. The van der Waals surface area contributed by atoms with Crippen LogP contribution in [0, 0.1) is 12.7 Å². The number of hydrogen-bond acceptors (Lipinski definition) is 5. The Morgan fingerprint density at radius 2 is 1.88 bits per heavy atom. The minimum Gasteiger partial charge on any atom is -0.485 e. The second-order valence-corrected chi connectivity index (χ2v) is 5.68. The highest BCUT2D eigenvalue weighted by atomic mass is 19.1. The molecule has 0 aliphatic heterocycles. The van der Waals surface area contributed by atoms with Crippen molar-refractivity contribution in [3.63, 3.8) is 0 Å². The minimum atomic E-state index is -0.269. The van der Waals surface area contributed by atoms with Crippen molar-refractivity contribution in [1.82, 2.24) is 15.5 Å². The van der Waals surface area contributed by atoms with Gasteiger partial charge in [0.05, 0.1) is 0 Å². The number of benzene rings is 2. The highest BCUT2D eigenvalue weighted by molar-refractivity contribution is 5.94. The molecule has 0 bridgehead atoms. The van der Waals surface area contributed by atoms with Gasteiger partial charge in [0.1, 0.15) is 11.6 Å². The number of carbonyl (C=O) groups excluding carboxylic acids is 1. The highest BCUT2D eigenvalue weighted by Crippen LogP contribution is 2.13. The molecule has 3 aromatic rings. The van der Waals surface area contributed by atoms with Crippen molar-refractivity contribution in [2.45, 2.75) is 20.0 Å². The maximum Gasteiger partial charge on any atom is 0.251 e. The van der Waals surface area contributed by atoms with E-state index in [1.165, 1.54) is 12.1 Å². The molecule has 1 amide bonds. The number of ether oxygens (including phenoxy) is 1. The third-order valence-corrected chi connectivity index (χ3v) is 3.67. The molecular weight excluding hydrogens is 337 g/mol. The monoisotopic (exact) mass is 355 g/mol. The van der Waals surface area contributed by atoms with Gasteiger partial charge in [0.2, 0.25) is 11.7 Å². The zero-order valence-electron chi connectivity index (χ0n) is 14.2. The van der Waals surface area contributed by atoms with Crippen molar-refractivity contribution < 1.29 is 18.4 Å². The van der Waals surface area contributed by atoms with Crippen molar-refractivity contribution >= 4 is 5.91 Å². The third kappa shape index (κ3) is 4.89. The molecule has 0 aliphatic carbocycles. The average molecular weight is 355 g/mol. The van der Waals surface area contributed by atoms with E-state index in [0.29, 0.717) is 36.0 Å². The van der Waals surface area contributed by atoms with E-state index in [-0.39, 0.29) is 18.3 Å². The van der Waals surface area contributed by atoms with E-state index in [1.54, 1.807) is 43.3 Å². The van der Waals surface area contributed by atoms with Crippen LogP contribution in [-0.2, 0) is 13.0 Å². The number of aryl methyl sites for hydroxylation is 1. The molecule has 0 radical (unpaired) electrons. The summed E-state index contributed by atoms with van der Waals surface area (Å²) in [5.74, 6) is 1.11. The summed E-state index contributed by atoms with van der Waals surface area (Å²) in [5.41, 5.74) is 1.50. The maximum atomic E-state index is 12.9. The standard InChI is InChI=1S/C19H18FN3O3/c1-13-22-18(23-26-13)12-25-17-8-4-15(5-9-17)19(24)21-11-10-14-2-6-16(20)7-3-14/h2-9H,10-12H2,1H3,(H,21,24). The minimum absolute atomic E-state index is 0.174. The smallest absolute Gasteiger partial charge is 0.251 e. The van der Waals surface area contributed by atoms with Crippen LogP contribution < -0.4 is 10.1 Å². The Morgan fingerprint density at radius 3 is 2.54 bits per heavy atom. The van der Waals surface area contributed by atoms with E-state index in [0.717, 1.165) is 5.56 Å². The van der Waals surface area contributed by atoms with Gasteiger partial charge in [0.15, 0.2) is 6.61 Å². The number of nitrogens with one attached hydrogen (secondary N) is 1. The van der Waals surface area contributed by atoms with Crippen LogP contribution in [0.15, 0.2) is 53.1 Å². The molecule has 0 saturated heterocycles.